The van der Waals surface area contributed by atoms with E-state index >= 15 is 0 Å². The van der Waals surface area contributed by atoms with Crippen molar-refractivity contribution in [2.24, 2.45) is 0 Å². The molecule has 0 spiro atoms. The van der Waals surface area contributed by atoms with E-state index in [0.29, 0.717) is 28.2 Å². The van der Waals surface area contributed by atoms with Gasteiger partial charge in [-0.25, -0.2) is 4.68 Å². The third-order valence-corrected chi connectivity index (χ3v) is 4.99. The minimum Gasteiger partial charge on any atom is -0.496 e. The van der Waals surface area contributed by atoms with Gasteiger partial charge in [-0.05, 0) is 31.2 Å². The second kappa shape index (κ2) is 8.83. The zero-order valence-electron chi connectivity index (χ0n) is 16.4. The zero-order valence-corrected chi connectivity index (χ0v) is 17.2. The molecule has 0 saturated carbocycles. The van der Waals surface area contributed by atoms with Gasteiger partial charge in [0.25, 0.3) is 11.1 Å². The van der Waals surface area contributed by atoms with Crippen LogP contribution in [0.5, 0.6) is 5.75 Å². The lowest BCUT2D eigenvalue weighted by atomic mass is 10.2. The number of benzene rings is 2. The molecule has 0 radical (unpaired) electrons. The molecule has 0 fully saturated rings. The Balaban J connectivity index is 1.42. The number of amides is 1. The Hall–Kier alpha value is -3.59. The summed E-state index contributed by atoms with van der Waals surface area (Å²) in [5.74, 6) is 1.50. The Labute approximate surface area is 177 Å². The summed E-state index contributed by atoms with van der Waals surface area (Å²) < 4.78 is 12.7. The summed E-state index contributed by atoms with van der Waals surface area (Å²) in [5.41, 5.74) is 2.37. The maximum absolute atomic E-state index is 12.5. The number of methoxy groups -OCH3 is 1. The number of carbonyl (C=O) groups excluding carboxylic acids is 1. The van der Waals surface area contributed by atoms with Crippen molar-refractivity contribution < 1.29 is 13.9 Å². The first-order chi connectivity index (χ1) is 14.6. The molecule has 9 heteroatoms. The van der Waals surface area contributed by atoms with Crippen LogP contribution in [0.3, 0.4) is 0 Å². The molecule has 1 amide bonds. The maximum atomic E-state index is 12.5. The van der Waals surface area contributed by atoms with Crippen molar-refractivity contribution in [1.82, 2.24) is 20.0 Å². The predicted octanol–water partition coefficient (Wildman–Crippen LogP) is 3.97. The molecule has 0 aliphatic heterocycles. The summed E-state index contributed by atoms with van der Waals surface area (Å²) >= 11 is 1.16. The third-order valence-electron chi connectivity index (χ3n) is 4.17. The topological polar surface area (TPSA) is 95.1 Å². The fourth-order valence-corrected chi connectivity index (χ4v) is 3.42. The van der Waals surface area contributed by atoms with Crippen LogP contribution in [0.15, 0.2) is 70.3 Å². The smallest absolute Gasteiger partial charge is 0.277 e. The molecule has 0 unspecified atom stereocenters. The number of aryl methyl sites for hydroxylation is 1. The van der Waals surface area contributed by atoms with Crippen molar-refractivity contribution in [2.75, 3.05) is 18.2 Å². The number of anilines is 1. The van der Waals surface area contributed by atoms with Gasteiger partial charge in [0.2, 0.25) is 5.91 Å². The number of thioether (sulfide) groups is 1. The lowest BCUT2D eigenvalue weighted by Crippen LogP contribution is -2.16. The van der Waals surface area contributed by atoms with Crippen LogP contribution in [0.2, 0.25) is 0 Å². The van der Waals surface area contributed by atoms with Crippen molar-refractivity contribution in [3.63, 3.8) is 0 Å². The number of ether oxygens (including phenoxy) is 1. The molecule has 0 atom stereocenters. The molecule has 0 saturated heterocycles. The van der Waals surface area contributed by atoms with Crippen molar-refractivity contribution in [1.29, 1.82) is 0 Å². The Morgan fingerprint density at radius 1 is 1.13 bits per heavy atom. The first kappa shape index (κ1) is 19.7. The van der Waals surface area contributed by atoms with E-state index in [2.05, 4.69) is 20.6 Å². The second-order valence-corrected chi connectivity index (χ2v) is 7.26. The van der Waals surface area contributed by atoms with Crippen LogP contribution in [0, 0.1) is 6.92 Å². The van der Waals surface area contributed by atoms with E-state index in [1.807, 2.05) is 67.6 Å². The van der Waals surface area contributed by atoms with Gasteiger partial charge in [-0.3, -0.25) is 4.79 Å². The molecule has 0 bridgehead atoms. The summed E-state index contributed by atoms with van der Waals surface area (Å²) in [5, 5.41) is 15.7. The van der Waals surface area contributed by atoms with Crippen LogP contribution in [0.1, 0.15) is 5.69 Å². The van der Waals surface area contributed by atoms with E-state index in [-0.39, 0.29) is 11.7 Å². The highest BCUT2D eigenvalue weighted by Gasteiger charge is 2.16. The number of aromatic nitrogens is 4. The Morgan fingerprint density at radius 3 is 2.70 bits per heavy atom. The average molecular weight is 421 g/mol. The molecule has 4 rings (SSSR count). The largest absolute Gasteiger partial charge is 0.496 e. The minimum atomic E-state index is -0.200. The second-order valence-electron chi connectivity index (χ2n) is 6.33. The number of hydrogen-bond acceptors (Lipinski definition) is 7. The van der Waals surface area contributed by atoms with Gasteiger partial charge in [-0.2, -0.15) is 5.10 Å². The van der Waals surface area contributed by atoms with Gasteiger partial charge in [-0.1, -0.05) is 42.1 Å². The summed E-state index contributed by atoms with van der Waals surface area (Å²) in [6.07, 6.45) is 0. The Morgan fingerprint density at radius 2 is 1.90 bits per heavy atom. The van der Waals surface area contributed by atoms with Crippen LogP contribution in [0.4, 0.5) is 5.82 Å². The molecular weight excluding hydrogens is 402 g/mol. The standard InChI is InChI=1S/C21H19N5O3S/c1-14-12-18(26(25-14)15-8-4-3-5-9-15)22-19(27)13-30-21-24-23-20(29-21)16-10-6-7-11-17(16)28-2/h3-12H,13H2,1-2H3,(H,22,27). The van der Waals surface area contributed by atoms with Gasteiger partial charge in [0.1, 0.15) is 11.6 Å². The van der Waals surface area contributed by atoms with Crippen molar-refractivity contribution in [2.45, 2.75) is 12.1 Å². The van der Waals surface area contributed by atoms with E-state index in [4.69, 9.17) is 9.15 Å². The molecule has 4 aromatic rings. The average Bonchev–Trinajstić information content (AvgIpc) is 3.39. The first-order valence-electron chi connectivity index (χ1n) is 9.15. The number of carbonyl (C=O) groups is 1. The molecule has 152 valence electrons. The van der Waals surface area contributed by atoms with Crippen molar-refractivity contribution >= 4 is 23.5 Å². The van der Waals surface area contributed by atoms with E-state index in [1.54, 1.807) is 11.8 Å². The highest BCUT2D eigenvalue weighted by molar-refractivity contribution is 7.99. The van der Waals surface area contributed by atoms with Gasteiger partial charge in [0.05, 0.1) is 29.8 Å². The summed E-state index contributed by atoms with van der Waals surface area (Å²) in [4.78, 5) is 12.5. The Bertz CT molecular complexity index is 1160. The van der Waals surface area contributed by atoms with E-state index in [0.717, 1.165) is 23.1 Å². The van der Waals surface area contributed by atoms with Crippen LogP contribution >= 0.6 is 11.8 Å². The number of para-hydroxylation sites is 2. The number of nitrogens with zero attached hydrogens (tertiary/aromatic N) is 4. The SMILES string of the molecule is COc1ccccc1-c1nnc(SCC(=O)Nc2cc(C)nn2-c2ccccc2)o1. The minimum absolute atomic E-state index is 0.118. The molecule has 2 aromatic heterocycles. The van der Waals surface area contributed by atoms with Gasteiger partial charge < -0.3 is 14.5 Å². The van der Waals surface area contributed by atoms with Crippen LogP contribution in [-0.4, -0.2) is 38.7 Å². The van der Waals surface area contributed by atoms with Crippen LogP contribution in [0.25, 0.3) is 17.1 Å². The van der Waals surface area contributed by atoms with Crippen molar-refractivity contribution in [3.05, 3.63) is 66.4 Å². The quantitative estimate of drug-likeness (QED) is 0.451. The van der Waals surface area contributed by atoms with Gasteiger partial charge in [-0.15, -0.1) is 10.2 Å². The molecule has 2 aromatic carbocycles. The lowest BCUT2D eigenvalue weighted by Gasteiger charge is -2.08. The normalized spacial score (nSPS) is 10.7. The molecule has 8 nitrogen and oxygen atoms in total. The van der Waals surface area contributed by atoms with Gasteiger partial charge in [0.15, 0.2) is 0 Å². The van der Waals surface area contributed by atoms with E-state index < -0.39 is 0 Å². The van der Waals surface area contributed by atoms with Crippen molar-refractivity contribution in [3.8, 4) is 22.9 Å². The summed E-state index contributed by atoms with van der Waals surface area (Å²) in [7, 11) is 1.58. The van der Waals surface area contributed by atoms with Crippen LogP contribution < -0.4 is 10.1 Å². The number of hydrogen-bond donors (Lipinski definition) is 1. The molecule has 30 heavy (non-hydrogen) atoms. The Kier molecular flexibility index (Phi) is 5.80. The maximum Gasteiger partial charge on any atom is 0.277 e. The molecule has 0 aliphatic rings. The molecule has 1 N–H and O–H groups in total. The summed E-state index contributed by atoms with van der Waals surface area (Å²) in [6, 6.07) is 18.8. The molecule has 2 heterocycles. The van der Waals surface area contributed by atoms with Gasteiger partial charge >= 0.3 is 0 Å². The predicted molar refractivity (Wildman–Crippen MR) is 114 cm³/mol. The summed E-state index contributed by atoms with van der Waals surface area (Å²) in [6.45, 7) is 1.88. The highest BCUT2D eigenvalue weighted by atomic mass is 32.2. The monoisotopic (exact) mass is 421 g/mol. The number of rotatable bonds is 7. The molecule has 0 aliphatic carbocycles. The van der Waals surface area contributed by atoms with E-state index in [9.17, 15) is 4.79 Å². The third kappa shape index (κ3) is 4.36. The lowest BCUT2D eigenvalue weighted by molar-refractivity contribution is -0.113. The highest BCUT2D eigenvalue weighted by Crippen LogP contribution is 2.30. The molecular formula is C21H19N5O3S. The van der Waals surface area contributed by atoms with Gasteiger partial charge in [0, 0.05) is 6.07 Å². The number of nitrogens with one attached hydrogen (secondary N) is 1. The fraction of sp³-hybridized carbons (Fsp3) is 0.143. The first-order valence-corrected chi connectivity index (χ1v) is 10.1. The van der Waals surface area contributed by atoms with Crippen LogP contribution in [-0.2, 0) is 4.79 Å². The zero-order chi connectivity index (χ0) is 20.9. The van der Waals surface area contributed by atoms with E-state index in [1.165, 1.54) is 0 Å². The fourth-order valence-electron chi connectivity index (χ4n) is 2.86.